The second-order valence-corrected chi connectivity index (χ2v) is 5.86. The molecule has 2 aromatic rings. The number of halogens is 1. The molecule has 0 saturated heterocycles. The lowest BCUT2D eigenvalue weighted by Crippen LogP contribution is -2.20. The molecule has 2 heterocycles. The second-order valence-electron chi connectivity index (χ2n) is 5.45. The highest BCUT2D eigenvalue weighted by Gasteiger charge is 2.18. The van der Waals surface area contributed by atoms with E-state index in [1.807, 2.05) is 24.3 Å². The monoisotopic (exact) mass is 302 g/mol. The van der Waals surface area contributed by atoms with E-state index in [9.17, 15) is 0 Å². The van der Waals surface area contributed by atoms with Gasteiger partial charge in [0.25, 0.3) is 0 Å². The van der Waals surface area contributed by atoms with Crippen molar-refractivity contribution in [3.8, 4) is 5.75 Å². The van der Waals surface area contributed by atoms with E-state index in [4.69, 9.17) is 16.3 Å². The lowest BCUT2D eigenvalue weighted by Gasteiger charge is -2.15. The first kappa shape index (κ1) is 14.4. The van der Waals surface area contributed by atoms with Gasteiger partial charge in [0.2, 0.25) is 0 Å². The van der Waals surface area contributed by atoms with Crippen molar-refractivity contribution in [3.05, 3.63) is 58.4 Å². The molecular formula is C17H19ClN2O. The van der Waals surface area contributed by atoms with Crippen LogP contribution in [0.2, 0.25) is 5.02 Å². The van der Waals surface area contributed by atoms with E-state index in [0.29, 0.717) is 6.61 Å². The average molecular weight is 303 g/mol. The van der Waals surface area contributed by atoms with Crippen LogP contribution in [0.1, 0.15) is 16.7 Å². The summed E-state index contributed by atoms with van der Waals surface area (Å²) >= 11 is 6.37. The number of nitrogens with zero attached hydrogens (tertiary/aromatic N) is 2. The topological polar surface area (TPSA) is 25.4 Å². The highest BCUT2D eigenvalue weighted by molar-refractivity contribution is 6.31. The second kappa shape index (κ2) is 6.46. The molecule has 0 radical (unpaired) electrons. The minimum absolute atomic E-state index is 0.562. The molecular weight excluding hydrogens is 284 g/mol. The maximum absolute atomic E-state index is 6.37. The van der Waals surface area contributed by atoms with Gasteiger partial charge in [-0.25, -0.2) is 0 Å². The minimum Gasteiger partial charge on any atom is -0.489 e. The number of fused-ring (bicyclic) bond motifs is 1. The van der Waals surface area contributed by atoms with Gasteiger partial charge in [-0.15, -0.1) is 0 Å². The third kappa shape index (κ3) is 3.36. The summed E-state index contributed by atoms with van der Waals surface area (Å²) in [5.74, 6) is 0.960. The van der Waals surface area contributed by atoms with Gasteiger partial charge in [0.1, 0.15) is 12.4 Å². The van der Waals surface area contributed by atoms with Crippen molar-refractivity contribution in [2.24, 2.45) is 0 Å². The van der Waals surface area contributed by atoms with Crippen LogP contribution in [0.15, 0.2) is 36.7 Å². The van der Waals surface area contributed by atoms with Crippen LogP contribution in [-0.4, -0.2) is 30.0 Å². The maximum Gasteiger partial charge on any atom is 0.123 e. The van der Waals surface area contributed by atoms with E-state index >= 15 is 0 Å². The predicted octanol–water partition coefficient (Wildman–Crippen LogP) is 3.34. The fraction of sp³-hybridized carbons (Fsp3) is 0.353. The van der Waals surface area contributed by atoms with E-state index in [-0.39, 0.29) is 0 Å². The first-order valence-corrected chi connectivity index (χ1v) is 7.62. The van der Waals surface area contributed by atoms with Gasteiger partial charge in [0.05, 0.1) is 0 Å². The van der Waals surface area contributed by atoms with Crippen molar-refractivity contribution in [3.63, 3.8) is 0 Å². The third-order valence-corrected chi connectivity index (χ3v) is 4.32. The fourth-order valence-electron chi connectivity index (χ4n) is 2.68. The lowest BCUT2D eigenvalue weighted by molar-refractivity contribution is 0.301. The Hall–Kier alpha value is -1.58. The van der Waals surface area contributed by atoms with Crippen LogP contribution < -0.4 is 4.74 Å². The van der Waals surface area contributed by atoms with E-state index in [1.54, 1.807) is 12.4 Å². The molecule has 3 nitrogen and oxygen atoms in total. The number of benzene rings is 1. The number of ether oxygens (including phenoxy) is 1. The summed E-state index contributed by atoms with van der Waals surface area (Å²) in [6, 6.07) is 7.89. The fourth-order valence-corrected chi connectivity index (χ4v) is 2.95. The van der Waals surface area contributed by atoms with Crippen LogP contribution in [0.4, 0.5) is 0 Å². The Balaban J connectivity index is 1.83. The molecule has 0 saturated carbocycles. The molecule has 1 aromatic heterocycles. The van der Waals surface area contributed by atoms with Crippen molar-refractivity contribution < 1.29 is 4.74 Å². The molecule has 0 spiro atoms. The lowest BCUT2D eigenvalue weighted by atomic mass is 10.0. The molecule has 1 aliphatic rings. The van der Waals surface area contributed by atoms with Crippen LogP contribution in [0.3, 0.4) is 0 Å². The van der Waals surface area contributed by atoms with E-state index in [2.05, 4.69) is 16.9 Å². The summed E-state index contributed by atoms with van der Waals surface area (Å²) in [4.78, 5) is 6.36. The summed E-state index contributed by atoms with van der Waals surface area (Å²) in [6.07, 6.45) is 5.54. The Labute approximate surface area is 130 Å². The van der Waals surface area contributed by atoms with Gasteiger partial charge in [-0.2, -0.15) is 0 Å². The first-order valence-electron chi connectivity index (χ1n) is 7.24. The Morgan fingerprint density at radius 2 is 1.81 bits per heavy atom. The quantitative estimate of drug-likeness (QED) is 0.869. The van der Waals surface area contributed by atoms with Gasteiger partial charge in [-0.1, -0.05) is 11.6 Å². The first-order chi connectivity index (χ1) is 10.2. The highest BCUT2D eigenvalue weighted by Crippen LogP contribution is 2.32. The van der Waals surface area contributed by atoms with Crippen LogP contribution in [0, 0.1) is 0 Å². The van der Waals surface area contributed by atoms with E-state index < -0.39 is 0 Å². The summed E-state index contributed by atoms with van der Waals surface area (Å²) in [5.41, 5.74) is 3.63. The minimum atomic E-state index is 0.562. The molecule has 0 unspecified atom stereocenters. The van der Waals surface area contributed by atoms with Crippen LogP contribution in [0.25, 0.3) is 0 Å². The predicted molar refractivity (Wildman–Crippen MR) is 84.9 cm³/mol. The van der Waals surface area contributed by atoms with Crippen molar-refractivity contribution in [2.45, 2.75) is 19.4 Å². The molecule has 1 aliphatic heterocycles. The van der Waals surface area contributed by atoms with E-state index in [1.165, 1.54) is 11.1 Å². The van der Waals surface area contributed by atoms with Gasteiger partial charge in [-0.05, 0) is 55.3 Å². The molecule has 0 bridgehead atoms. The Bertz CT molecular complexity index is 616. The van der Waals surface area contributed by atoms with E-state index in [0.717, 1.165) is 42.3 Å². The molecule has 0 N–H and O–H groups in total. The Morgan fingerprint density at radius 1 is 1.10 bits per heavy atom. The van der Waals surface area contributed by atoms with Crippen LogP contribution in [-0.2, 0) is 19.4 Å². The number of likely N-dealkylation sites (N-methyl/N-ethyl adjacent to an activating group) is 1. The Morgan fingerprint density at radius 3 is 2.57 bits per heavy atom. The van der Waals surface area contributed by atoms with Crippen molar-refractivity contribution >= 4 is 11.6 Å². The zero-order chi connectivity index (χ0) is 14.7. The molecule has 0 aliphatic carbocycles. The van der Waals surface area contributed by atoms with Crippen molar-refractivity contribution in [1.82, 2.24) is 9.88 Å². The molecule has 110 valence electrons. The third-order valence-electron chi connectivity index (χ3n) is 3.96. The smallest absolute Gasteiger partial charge is 0.123 e. The summed E-state index contributed by atoms with van der Waals surface area (Å²) in [6.45, 7) is 2.64. The highest BCUT2D eigenvalue weighted by atomic mass is 35.5. The number of hydrogen-bond donors (Lipinski definition) is 0. The molecule has 1 aromatic carbocycles. The van der Waals surface area contributed by atoms with Crippen molar-refractivity contribution in [1.29, 1.82) is 0 Å². The van der Waals surface area contributed by atoms with Crippen LogP contribution in [0.5, 0.6) is 5.75 Å². The van der Waals surface area contributed by atoms with Crippen LogP contribution >= 0.6 is 11.6 Å². The largest absolute Gasteiger partial charge is 0.489 e. The number of aromatic nitrogens is 1. The van der Waals surface area contributed by atoms with Gasteiger partial charge in [-0.3, -0.25) is 4.98 Å². The SMILES string of the molecule is CN1CCc2c(Cl)ccc(OCc3ccncc3)c2CC1. The molecule has 21 heavy (non-hydrogen) atoms. The molecule has 0 amide bonds. The summed E-state index contributed by atoms with van der Waals surface area (Å²) in [5, 5.41) is 0.858. The molecule has 3 rings (SSSR count). The maximum atomic E-state index is 6.37. The summed E-state index contributed by atoms with van der Waals surface area (Å²) in [7, 11) is 2.15. The van der Waals surface area contributed by atoms with Gasteiger partial charge >= 0.3 is 0 Å². The summed E-state index contributed by atoms with van der Waals surface area (Å²) < 4.78 is 6.03. The molecule has 0 fully saturated rings. The normalized spacial score (nSPS) is 15.3. The van der Waals surface area contributed by atoms with Gasteiger partial charge in [0, 0.05) is 36.1 Å². The number of pyridine rings is 1. The van der Waals surface area contributed by atoms with Gasteiger partial charge < -0.3 is 9.64 Å². The number of hydrogen-bond acceptors (Lipinski definition) is 3. The molecule has 4 heteroatoms. The van der Waals surface area contributed by atoms with Crippen molar-refractivity contribution in [2.75, 3.05) is 20.1 Å². The average Bonchev–Trinajstić information content (AvgIpc) is 2.71. The van der Waals surface area contributed by atoms with Gasteiger partial charge in [0.15, 0.2) is 0 Å². The molecule has 0 atom stereocenters. The zero-order valence-corrected chi connectivity index (χ0v) is 12.9. The zero-order valence-electron chi connectivity index (χ0n) is 12.2. The number of rotatable bonds is 3. The standard InChI is InChI=1S/C17H19ClN2O/c1-20-10-6-14-15(7-11-20)17(3-2-16(14)18)21-12-13-4-8-19-9-5-13/h2-5,8-9H,6-7,10-12H2,1H3. The Kier molecular flexibility index (Phi) is 4.42.